The maximum Gasteiger partial charge on any atom is 0.253 e. The van der Waals surface area contributed by atoms with Gasteiger partial charge in [-0.1, -0.05) is 12.1 Å². The highest BCUT2D eigenvalue weighted by Gasteiger charge is 2.26. The van der Waals surface area contributed by atoms with Gasteiger partial charge >= 0.3 is 0 Å². The second-order valence-electron chi connectivity index (χ2n) is 7.68. The minimum Gasteiger partial charge on any atom is -0.348 e. The van der Waals surface area contributed by atoms with Crippen molar-refractivity contribution < 1.29 is 13.2 Å². The Morgan fingerprint density at radius 2 is 1.77 bits per heavy atom. The molecule has 1 saturated heterocycles. The van der Waals surface area contributed by atoms with E-state index in [1.807, 2.05) is 19.9 Å². The predicted molar refractivity (Wildman–Crippen MR) is 116 cm³/mol. The highest BCUT2D eigenvalue weighted by Crippen LogP contribution is 2.21. The second-order valence-corrected chi connectivity index (χ2v) is 9.62. The molecule has 162 valence electrons. The number of benzene rings is 1. The average molecular weight is 440 g/mol. The van der Waals surface area contributed by atoms with E-state index in [9.17, 15) is 13.2 Å². The Morgan fingerprint density at radius 1 is 1.06 bits per heavy atom. The Kier molecular flexibility index (Phi) is 5.88. The molecule has 0 unspecified atom stereocenters. The SMILES string of the molecule is Cc1cc(C)n(-c2ccc(C(=O)NCc3ccc(S(=O)(=O)N4CCCC4)cc3)cn2)n1. The third-order valence-corrected chi connectivity index (χ3v) is 7.23. The van der Waals surface area contributed by atoms with Gasteiger partial charge in [-0.05, 0) is 62.6 Å². The molecule has 0 bridgehead atoms. The second kappa shape index (κ2) is 8.60. The molecular weight excluding hydrogens is 414 g/mol. The summed E-state index contributed by atoms with van der Waals surface area (Å²) in [5, 5.41) is 7.23. The number of nitrogens with one attached hydrogen (secondary N) is 1. The maximum absolute atomic E-state index is 12.6. The number of sulfonamides is 1. The molecule has 8 nitrogen and oxygen atoms in total. The fourth-order valence-corrected chi connectivity index (χ4v) is 5.16. The zero-order valence-electron chi connectivity index (χ0n) is 17.6. The van der Waals surface area contributed by atoms with Crippen LogP contribution in [0.3, 0.4) is 0 Å². The van der Waals surface area contributed by atoms with Gasteiger partial charge in [0.25, 0.3) is 5.91 Å². The van der Waals surface area contributed by atoms with E-state index in [2.05, 4.69) is 15.4 Å². The van der Waals surface area contributed by atoms with E-state index in [4.69, 9.17) is 0 Å². The van der Waals surface area contributed by atoms with E-state index in [0.717, 1.165) is 29.8 Å². The first kappa shape index (κ1) is 21.2. The van der Waals surface area contributed by atoms with Crippen molar-refractivity contribution in [3.63, 3.8) is 0 Å². The lowest BCUT2D eigenvalue weighted by Crippen LogP contribution is -2.28. The van der Waals surface area contributed by atoms with Crippen LogP contribution >= 0.6 is 0 Å². The molecule has 1 N–H and O–H groups in total. The van der Waals surface area contributed by atoms with Crippen molar-refractivity contribution >= 4 is 15.9 Å². The van der Waals surface area contributed by atoms with Crippen molar-refractivity contribution in [1.29, 1.82) is 0 Å². The van der Waals surface area contributed by atoms with Crippen LogP contribution < -0.4 is 5.32 Å². The Hall–Kier alpha value is -3.04. The predicted octanol–water partition coefficient (Wildman–Crippen LogP) is 2.60. The highest BCUT2D eigenvalue weighted by molar-refractivity contribution is 7.89. The molecule has 1 aromatic carbocycles. The van der Waals surface area contributed by atoms with E-state index in [1.165, 1.54) is 10.5 Å². The van der Waals surface area contributed by atoms with Crippen molar-refractivity contribution in [2.45, 2.75) is 38.1 Å². The molecule has 4 rings (SSSR count). The van der Waals surface area contributed by atoms with Gasteiger partial charge in [-0.3, -0.25) is 4.79 Å². The summed E-state index contributed by atoms with van der Waals surface area (Å²) in [4.78, 5) is 17.1. The minimum atomic E-state index is -3.43. The van der Waals surface area contributed by atoms with E-state index in [-0.39, 0.29) is 10.8 Å². The molecule has 0 saturated carbocycles. The first-order chi connectivity index (χ1) is 14.8. The van der Waals surface area contributed by atoms with Gasteiger partial charge in [-0.2, -0.15) is 9.40 Å². The van der Waals surface area contributed by atoms with Gasteiger partial charge in [0.05, 0.1) is 16.2 Å². The van der Waals surface area contributed by atoms with E-state index < -0.39 is 10.0 Å². The summed E-state index contributed by atoms with van der Waals surface area (Å²) >= 11 is 0. The Balaban J connectivity index is 1.38. The van der Waals surface area contributed by atoms with E-state index >= 15 is 0 Å². The summed E-state index contributed by atoms with van der Waals surface area (Å²) in [5.41, 5.74) is 3.14. The maximum atomic E-state index is 12.6. The standard InChI is InChI=1S/C22H25N5O3S/c1-16-13-17(2)27(25-16)21-10-7-19(15-23-21)22(28)24-14-18-5-8-20(9-6-18)31(29,30)26-11-3-4-12-26/h5-10,13,15H,3-4,11-12,14H2,1-2H3,(H,24,28). The number of rotatable bonds is 6. The first-order valence-electron chi connectivity index (χ1n) is 10.2. The molecule has 0 atom stereocenters. The first-order valence-corrected chi connectivity index (χ1v) is 11.7. The van der Waals surface area contributed by atoms with Crippen LogP contribution in [0.2, 0.25) is 0 Å². The highest BCUT2D eigenvalue weighted by atomic mass is 32.2. The molecule has 2 aromatic heterocycles. The number of hydrogen-bond donors (Lipinski definition) is 1. The lowest BCUT2D eigenvalue weighted by atomic mass is 10.2. The summed E-state index contributed by atoms with van der Waals surface area (Å²) in [6.07, 6.45) is 3.33. The van der Waals surface area contributed by atoms with Crippen molar-refractivity contribution in [2.24, 2.45) is 0 Å². The molecule has 3 heterocycles. The molecule has 31 heavy (non-hydrogen) atoms. The number of hydrogen-bond acceptors (Lipinski definition) is 5. The Labute approximate surface area is 182 Å². The normalized spacial score (nSPS) is 14.6. The molecule has 1 amide bonds. The van der Waals surface area contributed by atoms with Crippen LogP contribution in [0, 0.1) is 13.8 Å². The third-order valence-electron chi connectivity index (χ3n) is 5.32. The number of aryl methyl sites for hydroxylation is 2. The average Bonchev–Trinajstić information content (AvgIpc) is 3.42. The molecule has 0 radical (unpaired) electrons. The molecule has 9 heteroatoms. The monoisotopic (exact) mass is 439 g/mol. The number of carbonyl (C=O) groups excluding carboxylic acids is 1. The van der Waals surface area contributed by atoms with Crippen LogP contribution in [-0.2, 0) is 16.6 Å². The van der Waals surface area contributed by atoms with Gasteiger partial charge in [-0.15, -0.1) is 0 Å². The lowest BCUT2D eigenvalue weighted by molar-refractivity contribution is 0.0950. The third kappa shape index (κ3) is 4.52. The van der Waals surface area contributed by atoms with Crippen molar-refractivity contribution in [1.82, 2.24) is 24.4 Å². The number of pyridine rings is 1. The quantitative estimate of drug-likeness (QED) is 0.637. The number of amides is 1. The summed E-state index contributed by atoms with van der Waals surface area (Å²) in [7, 11) is -3.43. The molecule has 3 aromatic rings. The smallest absolute Gasteiger partial charge is 0.253 e. The Morgan fingerprint density at radius 3 is 2.35 bits per heavy atom. The van der Waals surface area contributed by atoms with Gasteiger partial charge in [-0.25, -0.2) is 18.1 Å². The van der Waals surface area contributed by atoms with Crippen molar-refractivity contribution in [2.75, 3.05) is 13.1 Å². The van der Waals surface area contributed by atoms with Crippen molar-refractivity contribution in [3.8, 4) is 5.82 Å². The summed E-state index contributed by atoms with van der Waals surface area (Å²) in [5.74, 6) is 0.401. The topological polar surface area (TPSA) is 97.2 Å². The summed E-state index contributed by atoms with van der Waals surface area (Å²) < 4.78 is 28.4. The summed E-state index contributed by atoms with van der Waals surface area (Å²) in [6.45, 7) is 5.31. The fourth-order valence-electron chi connectivity index (χ4n) is 3.65. The largest absolute Gasteiger partial charge is 0.348 e. The number of carbonyl (C=O) groups is 1. The Bertz CT molecular complexity index is 1180. The van der Waals surface area contributed by atoms with Crippen molar-refractivity contribution in [3.05, 3.63) is 71.2 Å². The van der Waals surface area contributed by atoms with Crippen LogP contribution in [0.4, 0.5) is 0 Å². The molecule has 1 aliphatic rings. The number of nitrogens with zero attached hydrogens (tertiary/aromatic N) is 4. The van der Waals surface area contributed by atoms with Crippen LogP contribution in [0.25, 0.3) is 5.82 Å². The van der Waals surface area contributed by atoms with Crippen LogP contribution in [0.1, 0.15) is 40.2 Å². The zero-order valence-corrected chi connectivity index (χ0v) is 18.4. The molecule has 0 spiro atoms. The molecule has 0 aliphatic carbocycles. The lowest BCUT2D eigenvalue weighted by Gasteiger charge is -2.15. The van der Waals surface area contributed by atoms with Gasteiger partial charge in [0.1, 0.15) is 0 Å². The van der Waals surface area contributed by atoms with Crippen LogP contribution in [-0.4, -0.2) is 46.5 Å². The summed E-state index contributed by atoms with van der Waals surface area (Å²) in [6, 6.07) is 12.1. The van der Waals surface area contributed by atoms with Crippen LogP contribution in [0.5, 0.6) is 0 Å². The van der Waals surface area contributed by atoms with E-state index in [0.29, 0.717) is 31.0 Å². The molecule has 1 fully saturated rings. The molecule has 1 aliphatic heterocycles. The van der Waals surface area contributed by atoms with Gasteiger partial charge < -0.3 is 5.32 Å². The minimum absolute atomic E-state index is 0.249. The zero-order chi connectivity index (χ0) is 22.0. The molecular formula is C22H25N5O3S. The van der Waals surface area contributed by atoms with Crippen LogP contribution in [0.15, 0.2) is 53.6 Å². The van der Waals surface area contributed by atoms with Gasteiger partial charge in [0.2, 0.25) is 10.0 Å². The van der Waals surface area contributed by atoms with E-state index in [1.54, 1.807) is 41.1 Å². The van der Waals surface area contributed by atoms with Gasteiger partial charge in [0, 0.05) is 31.5 Å². The number of aromatic nitrogens is 3. The van der Waals surface area contributed by atoms with Gasteiger partial charge in [0.15, 0.2) is 5.82 Å². The fraction of sp³-hybridized carbons (Fsp3) is 0.318.